The van der Waals surface area contributed by atoms with Gasteiger partial charge in [0.05, 0.1) is 6.54 Å². The highest BCUT2D eigenvalue weighted by Crippen LogP contribution is 2.23. The number of sulfonamides is 1. The molecular formula is C10H12ClFN6O2S. The van der Waals surface area contributed by atoms with Crippen molar-refractivity contribution in [1.29, 1.82) is 0 Å². The van der Waals surface area contributed by atoms with Crippen LogP contribution in [0.5, 0.6) is 0 Å². The first-order valence-electron chi connectivity index (χ1n) is 5.78. The lowest BCUT2D eigenvalue weighted by Gasteiger charge is -2.10. The first-order valence-corrected chi connectivity index (χ1v) is 7.64. The Labute approximate surface area is 125 Å². The molecule has 0 saturated heterocycles. The van der Waals surface area contributed by atoms with Crippen LogP contribution >= 0.6 is 11.6 Å². The van der Waals surface area contributed by atoms with Crippen molar-refractivity contribution in [3.05, 3.63) is 34.4 Å². The van der Waals surface area contributed by atoms with E-state index >= 15 is 0 Å². The maximum Gasteiger partial charge on any atom is 0.243 e. The molecule has 0 amide bonds. The highest BCUT2D eigenvalue weighted by Gasteiger charge is 2.22. The van der Waals surface area contributed by atoms with Gasteiger partial charge in [-0.2, -0.15) is 5.21 Å². The second kappa shape index (κ2) is 6.43. The normalized spacial score (nSPS) is 11.8. The molecule has 1 aromatic heterocycles. The molecular weight excluding hydrogens is 323 g/mol. The Morgan fingerprint density at radius 3 is 2.76 bits per heavy atom. The number of halogens is 2. The van der Waals surface area contributed by atoms with Crippen molar-refractivity contribution in [3.63, 3.8) is 0 Å². The number of benzene rings is 1. The van der Waals surface area contributed by atoms with Gasteiger partial charge in [-0.3, -0.25) is 0 Å². The molecule has 0 aliphatic carbocycles. The number of hydrogen-bond acceptors (Lipinski definition) is 6. The van der Waals surface area contributed by atoms with Crippen molar-refractivity contribution in [1.82, 2.24) is 30.7 Å². The lowest BCUT2D eigenvalue weighted by Crippen LogP contribution is -2.25. The van der Waals surface area contributed by atoms with E-state index in [2.05, 4.69) is 30.7 Å². The standard InChI is InChI=1S/C10H12ClFN6O2S/c1-13-4-6-2-7(11)3-8(10(6)12)21(19,20)14-5-9-15-17-18-16-9/h2-3,13-14H,4-5H2,1H3,(H,15,16,17,18). The molecule has 0 spiro atoms. The summed E-state index contributed by atoms with van der Waals surface area (Å²) in [6, 6.07) is 2.42. The van der Waals surface area contributed by atoms with Gasteiger partial charge in [0.25, 0.3) is 0 Å². The van der Waals surface area contributed by atoms with Gasteiger partial charge >= 0.3 is 0 Å². The van der Waals surface area contributed by atoms with E-state index in [-0.39, 0.29) is 29.5 Å². The number of hydrogen-bond donors (Lipinski definition) is 3. The molecule has 2 aromatic rings. The van der Waals surface area contributed by atoms with E-state index in [9.17, 15) is 12.8 Å². The minimum Gasteiger partial charge on any atom is -0.316 e. The van der Waals surface area contributed by atoms with Crippen LogP contribution in [0.1, 0.15) is 11.4 Å². The summed E-state index contributed by atoms with van der Waals surface area (Å²) in [6.07, 6.45) is 0. The van der Waals surface area contributed by atoms with Crippen LogP contribution in [0.3, 0.4) is 0 Å². The fourth-order valence-corrected chi connectivity index (χ4v) is 3.06. The summed E-state index contributed by atoms with van der Waals surface area (Å²) in [6.45, 7) is -0.0636. The molecule has 0 unspecified atom stereocenters. The maximum atomic E-state index is 14.2. The average Bonchev–Trinajstić information content (AvgIpc) is 2.94. The fourth-order valence-electron chi connectivity index (χ4n) is 1.63. The van der Waals surface area contributed by atoms with Gasteiger partial charge in [-0.1, -0.05) is 16.8 Å². The summed E-state index contributed by atoms with van der Waals surface area (Å²) >= 11 is 5.84. The van der Waals surface area contributed by atoms with Gasteiger partial charge in [0.1, 0.15) is 10.7 Å². The van der Waals surface area contributed by atoms with E-state index in [0.717, 1.165) is 6.07 Å². The van der Waals surface area contributed by atoms with Crippen LogP contribution in [0.4, 0.5) is 4.39 Å². The minimum absolute atomic E-state index is 0.126. The zero-order valence-corrected chi connectivity index (χ0v) is 12.5. The van der Waals surface area contributed by atoms with Crippen molar-refractivity contribution in [3.8, 4) is 0 Å². The monoisotopic (exact) mass is 334 g/mol. The number of rotatable bonds is 6. The minimum atomic E-state index is -4.09. The third-order valence-corrected chi connectivity index (χ3v) is 4.16. The molecule has 21 heavy (non-hydrogen) atoms. The molecule has 3 N–H and O–H groups in total. The van der Waals surface area contributed by atoms with Gasteiger partial charge in [0.15, 0.2) is 5.82 Å². The molecule has 0 aliphatic heterocycles. The highest BCUT2D eigenvalue weighted by molar-refractivity contribution is 7.89. The molecule has 0 bridgehead atoms. The first kappa shape index (κ1) is 15.8. The summed E-state index contributed by atoms with van der Waals surface area (Å²) in [5.41, 5.74) is 0.157. The Balaban J connectivity index is 2.30. The zero-order chi connectivity index (χ0) is 15.5. The molecule has 1 heterocycles. The van der Waals surface area contributed by atoms with E-state index in [1.54, 1.807) is 7.05 Å². The summed E-state index contributed by atoms with van der Waals surface area (Å²) in [7, 11) is -2.48. The van der Waals surface area contributed by atoms with Crippen molar-refractivity contribution in [2.24, 2.45) is 0 Å². The Bertz CT molecular complexity index is 721. The predicted octanol–water partition coefficient (Wildman–Crippen LogP) is 0.190. The van der Waals surface area contributed by atoms with Gasteiger partial charge in [-0.05, 0) is 19.2 Å². The van der Waals surface area contributed by atoms with E-state index in [1.807, 2.05) is 0 Å². The number of nitrogens with zero attached hydrogens (tertiary/aromatic N) is 3. The number of tetrazole rings is 1. The zero-order valence-electron chi connectivity index (χ0n) is 10.9. The van der Waals surface area contributed by atoms with E-state index < -0.39 is 20.7 Å². The second-order valence-corrected chi connectivity index (χ2v) is 6.23. The van der Waals surface area contributed by atoms with Crippen LogP contribution in [0.15, 0.2) is 17.0 Å². The van der Waals surface area contributed by atoms with Crippen LogP contribution < -0.4 is 10.0 Å². The third-order valence-electron chi connectivity index (χ3n) is 2.55. The number of nitrogens with one attached hydrogen (secondary N) is 3. The van der Waals surface area contributed by atoms with Crippen LogP contribution in [-0.2, 0) is 23.1 Å². The van der Waals surface area contributed by atoms with Gasteiger partial charge in [-0.25, -0.2) is 17.5 Å². The first-order chi connectivity index (χ1) is 9.94. The lowest BCUT2D eigenvalue weighted by atomic mass is 10.2. The maximum absolute atomic E-state index is 14.2. The number of aromatic amines is 1. The molecule has 1 aromatic carbocycles. The van der Waals surface area contributed by atoms with Crippen molar-refractivity contribution in [2.75, 3.05) is 7.05 Å². The number of H-pyrrole nitrogens is 1. The molecule has 0 fully saturated rings. The largest absolute Gasteiger partial charge is 0.316 e. The summed E-state index contributed by atoms with van der Waals surface area (Å²) in [5.74, 6) is -0.717. The topological polar surface area (TPSA) is 113 Å². The van der Waals surface area contributed by atoms with Crippen LogP contribution in [0.2, 0.25) is 5.02 Å². The SMILES string of the molecule is CNCc1cc(Cl)cc(S(=O)(=O)NCc2nn[nH]n2)c1F. The smallest absolute Gasteiger partial charge is 0.243 e. The number of aromatic nitrogens is 4. The van der Waals surface area contributed by atoms with E-state index in [4.69, 9.17) is 11.6 Å². The van der Waals surface area contributed by atoms with E-state index in [1.165, 1.54) is 6.07 Å². The molecule has 0 aliphatic rings. The average molecular weight is 335 g/mol. The lowest BCUT2D eigenvalue weighted by molar-refractivity contribution is 0.545. The van der Waals surface area contributed by atoms with Crippen LogP contribution in [-0.4, -0.2) is 36.1 Å². The molecule has 8 nitrogen and oxygen atoms in total. The summed E-state index contributed by atoms with van der Waals surface area (Å²) < 4.78 is 40.7. The molecule has 0 radical (unpaired) electrons. The van der Waals surface area contributed by atoms with Gasteiger partial charge in [0.2, 0.25) is 10.0 Å². The molecule has 0 saturated carbocycles. The Kier molecular flexibility index (Phi) is 4.83. The van der Waals surface area contributed by atoms with Gasteiger partial charge < -0.3 is 5.32 Å². The molecule has 0 atom stereocenters. The summed E-state index contributed by atoms with van der Waals surface area (Å²) in [4.78, 5) is -0.524. The highest BCUT2D eigenvalue weighted by atomic mass is 35.5. The summed E-state index contributed by atoms with van der Waals surface area (Å²) in [5, 5.41) is 15.5. The molecule has 2 rings (SSSR count). The molecule has 11 heteroatoms. The van der Waals surface area contributed by atoms with Gasteiger partial charge in [-0.15, -0.1) is 10.2 Å². The Morgan fingerprint density at radius 2 is 2.14 bits per heavy atom. The van der Waals surface area contributed by atoms with Gasteiger partial charge in [0, 0.05) is 17.1 Å². The third kappa shape index (κ3) is 3.73. The van der Waals surface area contributed by atoms with Crippen molar-refractivity contribution < 1.29 is 12.8 Å². The second-order valence-electron chi connectivity index (χ2n) is 4.06. The molecule has 114 valence electrons. The fraction of sp³-hybridized carbons (Fsp3) is 0.300. The van der Waals surface area contributed by atoms with Crippen molar-refractivity contribution in [2.45, 2.75) is 18.0 Å². The predicted molar refractivity (Wildman–Crippen MR) is 72.4 cm³/mol. The Hall–Kier alpha value is -1.62. The Morgan fingerprint density at radius 1 is 1.38 bits per heavy atom. The van der Waals surface area contributed by atoms with Crippen LogP contribution in [0.25, 0.3) is 0 Å². The quantitative estimate of drug-likeness (QED) is 0.695. The van der Waals surface area contributed by atoms with Crippen molar-refractivity contribution >= 4 is 21.6 Å². The van der Waals surface area contributed by atoms with E-state index in [0.29, 0.717) is 0 Å². The van der Waals surface area contributed by atoms with Crippen LogP contribution in [0, 0.1) is 5.82 Å².